The lowest BCUT2D eigenvalue weighted by molar-refractivity contribution is -0.149. The number of carbonyl (C=O) groups excluding carboxylic acids is 2. The summed E-state index contributed by atoms with van der Waals surface area (Å²) >= 11 is 1.44. The average molecular weight is 363 g/mol. The maximum Gasteiger partial charge on any atom is 0.337 e. The summed E-state index contributed by atoms with van der Waals surface area (Å²) in [5.41, 5.74) is 3.35. The zero-order valence-corrected chi connectivity index (χ0v) is 15.4. The van der Waals surface area contributed by atoms with Gasteiger partial charge in [-0.2, -0.15) is 11.3 Å². The van der Waals surface area contributed by atoms with Crippen LogP contribution < -0.4 is 10.2 Å². The first-order valence-corrected chi connectivity index (χ1v) is 8.57. The standard InChI is InChI=1S/C18H21NO5S/c1-18(2,3)17(21)24-19-13-5-6-15(23-11-22-4)14(9-13)16(20)12-7-8-25-10-12/h5-10,19H,11H2,1-4H3. The van der Waals surface area contributed by atoms with E-state index in [1.807, 2.05) is 5.38 Å². The fourth-order valence-corrected chi connectivity index (χ4v) is 2.46. The molecule has 6 nitrogen and oxygen atoms in total. The summed E-state index contributed by atoms with van der Waals surface area (Å²) in [4.78, 5) is 29.6. The lowest BCUT2D eigenvalue weighted by Crippen LogP contribution is -2.25. The molecule has 1 N–H and O–H groups in total. The van der Waals surface area contributed by atoms with Gasteiger partial charge in [-0.25, -0.2) is 10.3 Å². The van der Waals surface area contributed by atoms with E-state index < -0.39 is 11.4 Å². The fraction of sp³-hybridized carbons (Fsp3) is 0.333. The predicted octanol–water partition coefficient (Wildman–Crippen LogP) is 3.88. The van der Waals surface area contributed by atoms with E-state index in [-0.39, 0.29) is 12.6 Å². The van der Waals surface area contributed by atoms with E-state index in [1.54, 1.807) is 50.4 Å². The van der Waals surface area contributed by atoms with E-state index in [1.165, 1.54) is 18.4 Å². The van der Waals surface area contributed by atoms with Crippen molar-refractivity contribution < 1.29 is 23.9 Å². The molecule has 0 aliphatic heterocycles. The van der Waals surface area contributed by atoms with Crippen LogP contribution in [0.2, 0.25) is 0 Å². The molecule has 2 aromatic rings. The van der Waals surface area contributed by atoms with Crippen LogP contribution in [0.3, 0.4) is 0 Å². The minimum absolute atomic E-state index is 0.0235. The van der Waals surface area contributed by atoms with Crippen molar-refractivity contribution in [1.29, 1.82) is 0 Å². The zero-order valence-electron chi connectivity index (χ0n) is 14.6. The van der Waals surface area contributed by atoms with Crippen LogP contribution in [0.1, 0.15) is 36.7 Å². The lowest BCUT2D eigenvalue weighted by Gasteiger charge is -2.17. The van der Waals surface area contributed by atoms with Crippen molar-refractivity contribution in [1.82, 2.24) is 0 Å². The lowest BCUT2D eigenvalue weighted by atomic mass is 9.98. The molecule has 0 saturated carbocycles. The Kier molecular flexibility index (Phi) is 6.17. The number of methoxy groups -OCH3 is 1. The highest BCUT2D eigenvalue weighted by molar-refractivity contribution is 7.08. The molecule has 0 unspecified atom stereocenters. The Morgan fingerprint density at radius 1 is 1.20 bits per heavy atom. The predicted molar refractivity (Wildman–Crippen MR) is 95.9 cm³/mol. The van der Waals surface area contributed by atoms with Gasteiger partial charge in [0.15, 0.2) is 12.6 Å². The number of benzene rings is 1. The van der Waals surface area contributed by atoms with E-state index >= 15 is 0 Å². The molecule has 0 radical (unpaired) electrons. The zero-order chi connectivity index (χ0) is 18.4. The number of ketones is 1. The Hall–Kier alpha value is -2.38. The molecule has 1 heterocycles. The molecule has 0 aliphatic carbocycles. The van der Waals surface area contributed by atoms with Gasteiger partial charge in [-0.15, -0.1) is 0 Å². The van der Waals surface area contributed by atoms with Crippen LogP contribution in [-0.4, -0.2) is 25.7 Å². The Labute approximate surface area is 150 Å². The summed E-state index contributed by atoms with van der Waals surface area (Å²) in [6.45, 7) is 5.29. The summed E-state index contributed by atoms with van der Waals surface area (Å²) in [7, 11) is 1.50. The number of carbonyl (C=O) groups is 2. The van der Waals surface area contributed by atoms with Gasteiger partial charge in [0.25, 0.3) is 0 Å². The van der Waals surface area contributed by atoms with Gasteiger partial charge < -0.3 is 14.3 Å². The Morgan fingerprint density at radius 3 is 2.56 bits per heavy atom. The molecule has 0 aliphatic rings. The second kappa shape index (κ2) is 8.13. The topological polar surface area (TPSA) is 73.9 Å². The number of hydrogen-bond acceptors (Lipinski definition) is 7. The van der Waals surface area contributed by atoms with E-state index in [0.717, 1.165) is 0 Å². The third-order valence-electron chi connectivity index (χ3n) is 3.21. The second-order valence-electron chi connectivity index (χ2n) is 6.34. The maximum absolute atomic E-state index is 12.7. The number of ether oxygens (including phenoxy) is 2. The summed E-state index contributed by atoms with van der Waals surface area (Å²) in [5, 5.41) is 3.60. The third-order valence-corrected chi connectivity index (χ3v) is 3.90. The van der Waals surface area contributed by atoms with Gasteiger partial charge in [0.2, 0.25) is 0 Å². The minimum atomic E-state index is -0.635. The van der Waals surface area contributed by atoms with E-state index in [4.69, 9.17) is 14.3 Å². The first-order valence-electron chi connectivity index (χ1n) is 7.63. The highest BCUT2D eigenvalue weighted by Crippen LogP contribution is 2.27. The van der Waals surface area contributed by atoms with Gasteiger partial charge in [-0.05, 0) is 50.4 Å². The third kappa shape index (κ3) is 5.04. The van der Waals surface area contributed by atoms with Crippen molar-refractivity contribution in [2.24, 2.45) is 5.41 Å². The quantitative estimate of drug-likeness (QED) is 0.457. The van der Waals surface area contributed by atoms with Crippen molar-refractivity contribution in [3.8, 4) is 5.75 Å². The number of hydrogen-bond donors (Lipinski definition) is 1. The molecular weight excluding hydrogens is 342 g/mol. The van der Waals surface area contributed by atoms with Gasteiger partial charge in [0, 0.05) is 18.1 Å². The summed E-state index contributed by atoms with van der Waals surface area (Å²) in [6, 6.07) is 6.62. The Balaban J connectivity index is 2.24. The van der Waals surface area contributed by atoms with Crippen molar-refractivity contribution in [3.63, 3.8) is 0 Å². The number of thiophene rings is 1. The van der Waals surface area contributed by atoms with Gasteiger partial charge in [-0.3, -0.25) is 4.79 Å². The number of nitrogens with one attached hydrogen (secondary N) is 1. The molecule has 2 rings (SSSR count). The second-order valence-corrected chi connectivity index (χ2v) is 7.12. The van der Waals surface area contributed by atoms with Crippen LogP contribution in [0.5, 0.6) is 5.75 Å². The molecule has 0 saturated heterocycles. The van der Waals surface area contributed by atoms with E-state index in [0.29, 0.717) is 22.6 Å². The molecule has 25 heavy (non-hydrogen) atoms. The Bertz CT molecular complexity index is 734. The summed E-state index contributed by atoms with van der Waals surface area (Å²) < 4.78 is 10.4. The van der Waals surface area contributed by atoms with E-state index in [2.05, 4.69) is 5.48 Å². The van der Waals surface area contributed by atoms with Gasteiger partial charge in [-0.1, -0.05) is 0 Å². The first-order chi connectivity index (χ1) is 11.8. The molecule has 1 aromatic heterocycles. The molecule has 0 fully saturated rings. The number of rotatable bonds is 7. The van der Waals surface area contributed by atoms with Crippen molar-refractivity contribution in [3.05, 3.63) is 46.2 Å². The average Bonchev–Trinajstić information content (AvgIpc) is 3.11. The number of anilines is 1. The molecule has 134 valence electrons. The van der Waals surface area contributed by atoms with Crippen LogP contribution in [0.25, 0.3) is 0 Å². The van der Waals surface area contributed by atoms with Crippen molar-refractivity contribution in [2.75, 3.05) is 19.4 Å². The van der Waals surface area contributed by atoms with Gasteiger partial charge >= 0.3 is 5.97 Å². The van der Waals surface area contributed by atoms with Crippen LogP contribution in [-0.2, 0) is 14.4 Å². The van der Waals surface area contributed by atoms with Crippen molar-refractivity contribution in [2.45, 2.75) is 20.8 Å². The molecule has 0 atom stereocenters. The largest absolute Gasteiger partial charge is 0.467 e. The minimum Gasteiger partial charge on any atom is -0.467 e. The van der Waals surface area contributed by atoms with Crippen LogP contribution in [0.15, 0.2) is 35.0 Å². The molecule has 7 heteroatoms. The summed E-state index contributed by atoms with van der Waals surface area (Å²) in [6.07, 6.45) is 0. The Morgan fingerprint density at radius 2 is 1.96 bits per heavy atom. The molecule has 0 bridgehead atoms. The first kappa shape index (κ1) is 19.0. The van der Waals surface area contributed by atoms with Crippen LogP contribution in [0, 0.1) is 5.41 Å². The fourth-order valence-electron chi connectivity index (χ4n) is 1.83. The highest BCUT2D eigenvalue weighted by Gasteiger charge is 2.24. The molecule has 0 amide bonds. The van der Waals surface area contributed by atoms with Gasteiger partial charge in [0.05, 0.1) is 16.7 Å². The van der Waals surface area contributed by atoms with E-state index in [9.17, 15) is 9.59 Å². The van der Waals surface area contributed by atoms with Crippen LogP contribution >= 0.6 is 11.3 Å². The molecule has 1 aromatic carbocycles. The summed E-state index contributed by atoms with van der Waals surface area (Å²) in [5.74, 6) is -0.193. The van der Waals surface area contributed by atoms with Crippen LogP contribution in [0.4, 0.5) is 5.69 Å². The molecular formula is C18H21NO5S. The normalized spacial score (nSPS) is 11.0. The van der Waals surface area contributed by atoms with Crippen molar-refractivity contribution >= 4 is 28.8 Å². The van der Waals surface area contributed by atoms with Gasteiger partial charge in [0.1, 0.15) is 5.75 Å². The monoisotopic (exact) mass is 363 g/mol. The molecule has 0 spiro atoms. The highest BCUT2D eigenvalue weighted by atomic mass is 32.1. The SMILES string of the molecule is COCOc1ccc(NOC(=O)C(C)(C)C)cc1C(=O)c1ccsc1. The smallest absolute Gasteiger partial charge is 0.337 e. The maximum atomic E-state index is 12.7.